The summed E-state index contributed by atoms with van der Waals surface area (Å²) in [5.74, 6) is 0.932. The number of ether oxygens (including phenoxy) is 2. The smallest absolute Gasteiger partial charge is 0.410 e. The molecule has 2 saturated heterocycles. The molecule has 0 bridgehead atoms. The highest BCUT2D eigenvalue weighted by atomic mass is 16.6. The summed E-state index contributed by atoms with van der Waals surface area (Å²) in [7, 11) is 0. The maximum absolute atomic E-state index is 12.4. The number of amides is 1. The Bertz CT molecular complexity index is 768. The number of anilines is 1. The average molecular weight is 416 g/mol. The molecule has 1 atom stereocenters. The Labute approximate surface area is 178 Å². The third-order valence-corrected chi connectivity index (χ3v) is 5.62. The number of nitrogens with one attached hydrogen (secondary N) is 1. The molecule has 3 aliphatic heterocycles. The highest BCUT2D eigenvalue weighted by Crippen LogP contribution is 2.20. The number of nitrogens with zero attached hydrogens (tertiary/aromatic N) is 4. The standard InChI is InChI=1S/C22H33N5O3/c1-22(2,3)30-21(28)26-8-9-27-19(16-26)15-24-20(27)23-14-17-4-6-18(7-5-17)25-10-12-29-13-11-25/h4-7,19H,8-16H2,1-3H3,(H,23,24). The van der Waals surface area contributed by atoms with Crippen molar-refractivity contribution in [2.24, 2.45) is 4.99 Å². The van der Waals surface area contributed by atoms with E-state index in [1.165, 1.54) is 11.3 Å². The van der Waals surface area contributed by atoms with Crippen molar-refractivity contribution in [2.45, 2.75) is 39.0 Å². The van der Waals surface area contributed by atoms with Gasteiger partial charge in [-0.05, 0) is 38.5 Å². The molecule has 4 rings (SSSR count). The van der Waals surface area contributed by atoms with Crippen LogP contribution in [0.1, 0.15) is 26.3 Å². The monoisotopic (exact) mass is 415 g/mol. The Kier molecular flexibility index (Phi) is 6.04. The molecule has 3 aliphatic rings. The molecule has 1 N–H and O–H groups in total. The number of fused-ring (bicyclic) bond motifs is 1. The zero-order valence-corrected chi connectivity index (χ0v) is 18.3. The van der Waals surface area contributed by atoms with Gasteiger partial charge in [0.1, 0.15) is 5.60 Å². The normalized spacial score (nSPS) is 21.9. The van der Waals surface area contributed by atoms with Gasteiger partial charge < -0.3 is 29.5 Å². The van der Waals surface area contributed by atoms with Crippen LogP contribution in [0, 0.1) is 0 Å². The van der Waals surface area contributed by atoms with Crippen molar-refractivity contribution in [1.82, 2.24) is 15.1 Å². The fourth-order valence-electron chi connectivity index (χ4n) is 4.05. The number of carbonyl (C=O) groups is 1. The van der Waals surface area contributed by atoms with E-state index in [0.717, 1.165) is 45.4 Å². The van der Waals surface area contributed by atoms with E-state index in [-0.39, 0.29) is 12.1 Å². The Morgan fingerprint density at radius 3 is 2.60 bits per heavy atom. The summed E-state index contributed by atoms with van der Waals surface area (Å²) in [5, 5.41) is 3.49. The van der Waals surface area contributed by atoms with Gasteiger partial charge in [0.2, 0.25) is 0 Å². The number of hydrogen-bond donors (Lipinski definition) is 1. The molecule has 0 spiro atoms. The molecule has 8 heteroatoms. The van der Waals surface area contributed by atoms with Gasteiger partial charge in [-0.25, -0.2) is 4.79 Å². The van der Waals surface area contributed by atoms with Crippen LogP contribution in [-0.2, 0) is 16.0 Å². The Hall–Kier alpha value is -2.48. The summed E-state index contributed by atoms with van der Waals surface area (Å²) in [6, 6.07) is 8.93. The van der Waals surface area contributed by atoms with Gasteiger partial charge in [-0.3, -0.25) is 4.99 Å². The fourth-order valence-corrected chi connectivity index (χ4v) is 4.05. The molecule has 3 heterocycles. The van der Waals surface area contributed by atoms with Gasteiger partial charge >= 0.3 is 6.09 Å². The van der Waals surface area contributed by atoms with Gasteiger partial charge in [0.15, 0.2) is 5.96 Å². The molecular formula is C22H33N5O3. The molecule has 1 aromatic carbocycles. The van der Waals surface area contributed by atoms with E-state index in [2.05, 4.69) is 44.4 Å². The Balaban J connectivity index is 1.26. The number of benzene rings is 1. The van der Waals surface area contributed by atoms with Crippen molar-refractivity contribution in [3.8, 4) is 0 Å². The summed E-state index contributed by atoms with van der Waals surface area (Å²) >= 11 is 0. The van der Waals surface area contributed by atoms with Crippen LogP contribution in [0.15, 0.2) is 29.3 Å². The molecule has 30 heavy (non-hydrogen) atoms. The highest BCUT2D eigenvalue weighted by molar-refractivity contribution is 5.82. The van der Waals surface area contributed by atoms with Crippen LogP contribution in [0.4, 0.5) is 10.5 Å². The number of morpholine rings is 1. The molecule has 0 radical (unpaired) electrons. The van der Waals surface area contributed by atoms with E-state index in [1.54, 1.807) is 4.90 Å². The van der Waals surface area contributed by atoms with Crippen molar-refractivity contribution in [1.29, 1.82) is 0 Å². The zero-order valence-electron chi connectivity index (χ0n) is 18.3. The van der Waals surface area contributed by atoms with Gasteiger partial charge in [0.25, 0.3) is 0 Å². The first-order chi connectivity index (χ1) is 14.4. The third-order valence-electron chi connectivity index (χ3n) is 5.62. The lowest BCUT2D eigenvalue weighted by atomic mass is 10.2. The first-order valence-corrected chi connectivity index (χ1v) is 10.8. The van der Waals surface area contributed by atoms with Gasteiger partial charge in [0.05, 0.1) is 25.8 Å². The van der Waals surface area contributed by atoms with Gasteiger partial charge in [-0.1, -0.05) is 12.1 Å². The van der Waals surface area contributed by atoms with Crippen LogP contribution in [0.25, 0.3) is 0 Å². The SMILES string of the molecule is CC(C)(C)OC(=O)N1CCN2C(NCc3ccc(N4CCOCC4)cc3)=NCC2C1. The van der Waals surface area contributed by atoms with Crippen molar-refractivity contribution in [2.75, 3.05) is 57.4 Å². The molecular weight excluding hydrogens is 382 g/mol. The molecule has 2 fully saturated rings. The molecule has 164 valence electrons. The van der Waals surface area contributed by atoms with Crippen molar-refractivity contribution < 1.29 is 14.3 Å². The predicted octanol–water partition coefficient (Wildman–Crippen LogP) is 1.90. The molecule has 0 aromatic heterocycles. The highest BCUT2D eigenvalue weighted by Gasteiger charge is 2.36. The molecule has 1 unspecified atom stereocenters. The zero-order chi connectivity index (χ0) is 21.1. The molecule has 1 aromatic rings. The lowest BCUT2D eigenvalue weighted by molar-refractivity contribution is 0.0137. The van der Waals surface area contributed by atoms with E-state index in [9.17, 15) is 4.79 Å². The van der Waals surface area contributed by atoms with E-state index in [4.69, 9.17) is 9.47 Å². The van der Waals surface area contributed by atoms with Gasteiger partial charge in [-0.15, -0.1) is 0 Å². The van der Waals surface area contributed by atoms with Crippen molar-refractivity contribution in [3.05, 3.63) is 29.8 Å². The van der Waals surface area contributed by atoms with Crippen LogP contribution >= 0.6 is 0 Å². The number of aliphatic imine (C=N–C) groups is 1. The topological polar surface area (TPSA) is 69.6 Å². The van der Waals surface area contributed by atoms with Crippen LogP contribution in [0.3, 0.4) is 0 Å². The molecule has 0 saturated carbocycles. The lowest BCUT2D eigenvalue weighted by Crippen LogP contribution is -2.57. The van der Waals surface area contributed by atoms with Crippen LogP contribution in [-0.4, -0.2) is 86.0 Å². The maximum Gasteiger partial charge on any atom is 0.410 e. The predicted molar refractivity (Wildman–Crippen MR) is 117 cm³/mol. The summed E-state index contributed by atoms with van der Waals surface area (Å²) in [5.41, 5.74) is 2.01. The van der Waals surface area contributed by atoms with Crippen LogP contribution < -0.4 is 10.2 Å². The Morgan fingerprint density at radius 1 is 1.17 bits per heavy atom. The van der Waals surface area contributed by atoms with E-state index in [0.29, 0.717) is 19.6 Å². The quantitative estimate of drug-likeness (QED) is 0.813. The number of hydrogen-bond acceptors (Lipinski definition) is 7. The first kappa shape index (κ1) is 20.8. The largest absolute Gasteiger partial charge is 0.444 e. The van der Waals surface area contributed by atoms with E-state index >= 15 is 0 Å². The van der Waals surface area contributed by atoms with Crippen LogP contribution in [0.2, 0.25) is 0 Å². The minimum Gasteiger partial charge on any atom is -0.444 e. The third kappa shape index (κ3) is 4.98. The molecule has 0 aliphatic carbocycles. The summed E-state index contributed by atoms with van der Waals surface area (Å²) in [6.07, 6.45) is -0.232. The van der Waals surface area contributed by atoms with E-state index < -0.39 is 5.60 Å². The van der Waals surface area contributed by atoms with Crippen LogP contribution in [0.5, 0.6) is 0 Å². The maximum atomic E-state index is 12.4. The molecule has 8 nitrogen and oxygen atoms in total. The lowest BCUT2D eigenvalue weighted by Gasteiger charge is -2.39. The second-order valence-corrected chi connectivity index (χ2v) is 9.06. The van der Waals surface area contributed by atoms with E-state index in [1.807, 2.05) is 20.8 Å². The van der Waals surface area contributed by atoms with Crippen molar-refractivity contribution in [3.63, 3.8) is 0 Å². The second-order valence-electron chi connectivity index (χ2n) is 9.06. The van der Waals surface area contributed by atoms with Gasteiger partial charge in [-0.2, -0.15) is 0 Å². The Morgan fingerprint density at radius 2 is 1.90 bits per heavy atom. The summed E-state index contributed by atoms with van der Waals surface area (Å²) < 4.78 is 10.9. The number of rotatable bonds is 3. The average Bonchev–Trinajstić information content (AvgIpc) is 3.14. The number of guanidine groups is 1. The second kappa shape index (κ2) is 8.71. The fraction of sp³-hybridized carbons (Fsp3) is 0.636. The minimum absolute atomic E-state index is 0.220. The van der Waals surface area contributed by atoms with Gasteiger partial charge in [0, 0.05) is 45.0 Å². The summed E-state index contributed by atoms with van der Waals surface area (Å²) in [4.78, 5) is 23.5. The number of carbonyl (C=O) groups excluding carboxylic acids is 1. The molecule has 1 amide bonds. The minimum atomic E-state index is -0.468. The number of piperazine rings is 1. The van der Waals surface area contributed by atoms with Crippen molar-refractivity contribution >= 4 is 17.7 Å². The first-order valence-electron chi connectivity index (χ1n) is 10.8. The summed E-state index contributed by atoms with van der Waals surface area (Å²) in [6.45, 7) is 12.7.